The zero-order chi connectivity index (χ0) is 24.4. The first-order chi connectivity index (χ1) is 15.3. The van der Waals surface area contributed by atoms with E-state index in [0.717, 1.165) is 5.56 Å². The van der Waals surface area contributed by atoms with E-state index in [0.29, 0.717) is 17.9 Å². The van der Waals surface area contributed by atoms with Crippen LogP contribution in [0.1, 0.15) is 37.6 Å². The average molecular weight is 475 g/mol. The molecular weight excluding hydrogens is 453 g/mol. The molecule has 2 aromatic carbocycles. The van der Waals surface area contributed by atoms with Crippen molar-refractivity contribution >= 4 is 9.84 Å². The molecule has 9 heteroatoms. The topological polar surface area (TPSA) is 80.0 Å². The van der Waals surface area contributed by atoms with Crippen molar-refractivity contribution in [3.05, 3.63) is 77.5 Å². The van der Waals surface area contributed by atoms with Crippen LogP contribution in [0.3, 0.4) is 0 Å². The molecule has 0 unspecified atom stereocenters. The van der Waals surface area contributed by atoms with Gasteiger partial charge >= 0.3 is 5.51 Å². The molecule has 5 nitrogen and oxygen atoms in total. The normalized spacial score (nSPS) is 12.3. The van der Waals surface area contributed by atoms with Crippen molar-refractivity contribution in [2.24, 2.45) is 0 Å². The van der Waals surface area contributed by atoms with E-state index in [2.05, 4.69) is 4.98 Å². The Labute approximate surface area is 190 Å². The van der Waals surface area contributed by atoms with E-state index in [1.165, 1.54) is 6.07 Å². The fraction of sp³-hybridized carbons (Fsp3) is 0.250. The number of nitriles is 1. The van der Waals surface area contributed by atoms with Crippen LogP contribution in [0.2, 0.25) is 0 Å². The molecule has 0 radical (unpaired) electrons. The molecule has 1 aromatic heterocycles. The van der Waals surface area contributed by atoms with Gasteiger partial charge in [-0.2, -0.15) is 18.4 Å². The van der Waals surface area contributed by atoms with E-state index in [1.807, 2.05) is 30.3 Å². The van der Waals surface area contributed by atoms with Crippen molar-refractivity contribution in [3.63, 3.8) is 0 Å². The maximum atomic E-state index is 13.3. The molecule has 0 fully saturated rings. The van der Waals surface area contributed by atoms with Gasteiger partial charge in [-0.1, -0.05) is 63.2 Å². The molecule has 3 aromatic rings. The number of rotatable bonds is 5. The van der Waals surface area contributed by atoms with Crippen molar-refractivity contribution < 1.29 is 26.3 Å². The summed E-state index contributed by atoms with van der Waals surface area (Å²) in [6, 6.07) is 18.9. The van der Waals surface area contributed by atoms with Crippen LogP contribution in [0.25, 0.3) is 11.1 Å². The maximum absolute atomic E-state index is 13.3. The third-order valence-electron chi connectivity index (χ3n) is 4.84. The first-order valence-corrected chi connectivity index (χ1v) is 11.4. The minimum atomic E-state index is -5.84. The van der Waals surface area contributed by atoms with Crippen LogP contribution < -0.4 is 4.74 Å². The van der Waals surface area contributed by atoms with Gasteiger partial charge in [0.05, 0.1) is 5.56 Å². The Kier molecular flexibility index (Phi) is 6.52. The van der Waals surface area contributed by atoms with Crippen LogP contribution in [-0.2, 0) is 21.9 Å². The number of alkyl halides is 3. The summed E-state index contributed by atoms with van der Waals surface area (Å²) in [5.74, 6) is 0.509. The summed E-state index contributed by atoms with van der Waals surface area (Å²) in [7, 11) is -5.84. The largest absolute Gasteiger partial charge is 0.503 e. The summed E-state index contributed by atoms with van der Waals surface area (Å²) in [5, 5.41) is 8.31. The molecule has 3 rings (SSSR count). The number of hydrogen-bond acceptors (Lipinski definition) is 5. The number of aromatic nitrogens is 1. The van der Waals surface area contributed by atoms with Gasteiger partial charge in [0.1, 0.15) is 18.4 Å². The third kappa shape index (κ3) is 5.17. The Morgan fingerprint density at radius 1 is 1.00 bits per heavy atom. The lowest BCUT2D eigenvalue weighted by molar-refractivity contribution is -0.0438. The molecule has 0 saturated carbocycles. The molecule has 1 heterocycles. The van der Waals surface area contributed by atoms with Gasteiger partial charge in [0.15, 0.2) is 5.03 Å². The minimum Gasteiger partial charge on any atom is -0.489 e. The number of benzene rings is 2. The van der Waals surface area contributed by atoms with E-state index in [-0.39, 0.29) is 11.3 Å². The summed E-state index contributed by atoms with van der Waals surface area (Å²) in [4.78, 5) is 3.76. The van der Waals surface area contributed by atoms with Crippen LogP contribution in [0.5, 0.6) is 5.75 Å². The molecule has 0 aliphatic carbocycles. The highest BCUT2D eigenvalue weighted by Crippen LogP contribution is 2.37. The second-order valence-electron chi connectivity index (χ2n) is 8.34. The van der Waals surface area contributed by atoms with Crippen LogP contribution in [0, 0.1) is 11.3 Å². The second kappa shape index (κ2) is 8.87. The summed E-state index contributed by atoms with van der Waals surface area (Å²) in [5.41, 5.74) is -5.52. The summed E-state index contributed by atoms with van der Waals surface area (Å²) in [6.45, 7) is 5.39. The highest BCUT2D eigenvalue weighted by molar-refractivity contribution is 7.92. The number of sulfone groups is 1. The summed E-state index contributed by atoms with van der Waals surface area (Å²) in [6.07, 6.45) is 0. The molecule has 0 spiro atoms. The van der Waals surface area contributed by atoms with Crippen molar-refractivity contribution in [2.45, 2.75) is 43.3 Å². The van der Waals surface area contributed by atoms with Crippen molar-refractivity contribution in [1.82, 2.24) is 4.98 Å². The summed E-state index contributed by atoms with van der Waals surface area (Å²) < 4.78 is 70.1. The Hall–Kier alpha value is -3.38. The van der Waals surface area contributed by atoms with Crippen LogP contribution in [0.4, 0.5) is 13.2 Å². The third-order valence-corrected chi connectivity index (χ3v) is 6.25. The fourth-order valence-electron chi connectivity index (χ4n) is 3.02. The number of hydrogen-bond donors (Lipinski definition) is 0. The Bertz CT molecular complexity index is 1290. The van der Waals surface area contributed by atoms with Crippen LogP contribution in [0.15, 0.2) is 65.7 Å². The van der Waals surface area contributed by atoms with E-state index < -0.39 is 31.3 Å². The van der Waals surface area contributed by atoms with E-state index in [9.17, 15) is 26.9 Å². The lowest BCUT2D eigenvalue weighted by atomic mass is 9.89. The monoisotopic (exact) mass is 474 g/mol. The van der Waals surface area contributed by atoms with E-state index in [1.54, 1.807) is 51.1 Å². The zero-order valence-electron chi connectivity index (χ0n) is 18.1. The molecule has 33 heavy (non-hydrogen) atoms. The van der Waals surface area contributed by atoms with E-state index >= 15 is 0 Å². The van der Waals surface area contributed by atoms with Crippen molar-refractivity contribution in [3.8, 4) is 22.9 Å². The van der Waals surface area contributed by atoms with Gasteiger partial charge in [-0.05, 0) is 29.3 Å². The number of ether oxygens (including phenoxy) is 1. The van der Waals surface area contributed by atoms with Crippen molar-refractivity contribution in [1.29, 1.82) is 5.26 Å². The van der Waals surface area contributed by atoms with Gasteiger partial charge in [0.2, 0.25) is 0 Å². The van der Waals surface area contributed by atoms with E-state index in [4.69, 9.17) is 4.74 Å². The highest BCUT2D eigenvalue weighted by Gasteiger charge is 2.50. The number of pyridine rings is 1. The lowest BCUT2D eigenvalue weighted by Crippen LogP contribution is -2.27. The Balaban J connectivity index is 2.08. The van der Waals surface area contributed by atoms with Crippen molar-refractivity contribution in [2.75, 3.05) is 0 Å². The molecule has 0 aliphatic rings. The first-order valence-electron chi connectivity index (χ1n) is 9.89. The molecule has 0 atom stereocenters. The molecule has 172 valence electrons. The molecular formula is C24H21F3N2O3S. The first kappa shape index (κ1) is 24.3. The zero-order valence-corrected chi connectivity index (χ0v) is 19.0. The van der Waals surface area contributed by atoms with Crippen LogP contribution in [-0.4, -0.2) is 18.9 Å². The molecule has 0 saturated heterocycles. The van der Waals surface area contributed by atoms with Gasteiger partial charge in [0, 0.05) is 16.7 Å². The van der Waals surface area contributed by atoms with Gasteiger partial charge in [0.25, 0.3) is 9.84 Å². The molecule has 0 aliphatic heterocycles. The van der Waals surface area contributed by atoms with Crippen LogP contribution >= 0.6 is 0 Å². The van der Waals surface area contributed by atoms with Gasteiger partial charge in [-0.25, -0.2) is 13.4 Å². The smallest absolute Gasteiger partial charge is 0.489 e. The van der Waals surface area contributed by atoms with Gasteiger partial charge in [-0.3, -0.25) is 0 Å². The molecule has 0 N–H and O–H groups in total. The van der Waals surface area contributed by atoms with Gasteiger partial charge in [-0.15, -0.1) is 0 Å². The Morgan fingerprint density at radius 3 is 2.12 bits per heavy atom. The summed E-state index contributed by atoms with van der Waals surface area (Å²) >= 11 is 0. The standard InChI is InChI=1S/C24H21F3N2O3S/c1-23(2,3)21-13-19(20(14-28)22(29-21)33(30,31)24(25,26)27)17-9-11-18(12-10-17)32-15-16-7-5-4-6-8-16/h4-13H,15H2,1-3H3. The SMILES string of the molecule is CC(C)(C)c1cc(-c2ccc(OCc3ccccc3)cc2)c(C#N)c(S(=O)(=O)C(F)(F)F)n1. The minimum absolute atomic E-state index is 0.0508. The number of nitrogens with zero attached hydrogens (tertiary/aromatic N) is 2. The van der Waals surface area contributed by atoms with Gasteiger partial charge < -0.3 is 4.74 Å². The highest BCUT2D eigenvalue weighted by atomic mass is 32.2. The predicted molar refractivity (Wildman–Crippen MR) is 117 cm³/mol. The molecule has 0 amide bonds. The quantitative estimate of drug-likeness (QED) is 0.468. The Morgan fingerprint density at radius 2 is 1.61 bits per heavy atom. The second-order valence-corrected chi connectivity index (χ2v) is 10.2. The number of halogens is 3. The lowest BCUT2D eigenvalue weighted by Gasteiger charge is -2.21. The predicted octanol–water partition coefficient (Wildman–Crippen LogP) is 5.79. The fourth-order valence-corrected chi connectivity index (χ4v) is 3.88. The maximum Gasteiger partial charge on any atom is 0.503 e. The molecule has 0 bridgehead atoms. The average Bonchev–Trinajstić information content (AvgIpc) is 2.76.